The molecule has 0 radical (unpaired) electrons. The maximum absolute atomic E-state index is 9.14. The molecule has 3 unspecified atom stereocenters. The van der Waals surface area contributed by atoms with Gasteiger partial charge in [-0.25, -0.2) is 0 Å². The van der Waals surface area contributed by atoms with Gasteiger partial charge in [0.1, 0.15) is 0 Å². The van der Waals surface area contributed by atoms with Crippen molar-refractivity contribution in [3.8, 4) is 0 Å². The zero-order valence-corrected chi connectivity index (χ0v) is 7.82. The SMILES string of the molecule is CC(O)C(C)OCC1CCOC1. The van der Waals surface area contributed by atoms with Crippen LogP contribution >= 0.6 is 0 Å². The Balaban J connectivity index is 2.07. The highest BCUT2D eigenvalue weighted by molar-refractivity contribution is 4.65. The van der Waals surface area contributed by atoms with Gasteiger partial charge in [0.05, 0.1) is 25.4 Å². The van der Waals surface area contributed by atoms with E-state index in [-0.39, 0.29) is 12.2 Å². The summed E-state index contributed by atoms with van der Waals surface area (Å²) in [5.41, 5.74) is 0. The molecule has 0 spiro atoms. The van der Waals surface area contributed by atoms with Crippen LogP contribution in [0.15, 0.2) is 0 Å². The summed E-state index contributed by atoms with van der Waals surface area (Å²) >= 11 is 0. The minimum absolute atomic E-state index is 0.0643. The van der Waals surface area contributed by atoms with Crippen molar-refractivity contribution in [2.24, 2.45) is 5.92 Å². The molecule has 3 atom stereocenters. The zero-order valence-electron chi connectivity index (χ0n) is 7.82. The van der Waals surface area contributed by atoms with E-state index in [1.165, 1.54) is 0 Å². The van der Waals surface area contributed by atoms with Gasteiger partial charge in [0.2, 0.25) is 0 Å². The minimum Gasteiger partial charge on any atom is -0.391 e. The second-order valence-electron chi connectivity index (χ2n) is 3.51. The van der Waals surface area contributed by atoms with E-state index < -0.39 is 0 Å². The van der Waals surface area contributed by atoms with Crippen LogP contribution in [0.2, 0.25) is 0 Å². The van der Waals surface area contributed by atoms with Crippen LogP contribution in [-0.2, 0) is 9.47 Å². The van der Waals surface area contributed by atoms with E-state index >= 15 is 0 Å². The first-order valence-electron chi connectivity index (χ1n) is 4.57. The Morgan fingerprint density at radius 2 is 2.33 bits per heavy atom. The zero-order chi connectivity index (χ0) is 8.97. The molecule has 1 rings (SSSR count). The van der Waals surface area contributed by atoms with Crippen molar-refractivity contribution in [2.45, 2.75) is 32.5 Å². The van der Waals surface area contributed by atoms with Gasteiger partial charge in [-0.15, -0.1) is 0 Å². The second kappa shape index (κ2) is 4.80. The van der Waals surface area contributed by atoms with Crippen molar-refractivity contribution in [3.05, 3.63) is 0 Å². The summed E-state index contributed by atoms with van der Waals surface area (Å²) in [6.07, 6.45) is 0.643. The van der Waals surface area contributed by atoms with Gasteiger partial charge >= 0.3 is 0 Å². The van der Waals surface area contributed by atoms with Gasteiger partial charge in [-0.05, 0) is 20.3 Å². The minimum atomic E-state index is -0.382. The number of hydrogen-bond donors (Lipinski definition) is 1. The highest BCUT2D eigenvalue weighted by atomic mass is 16.5. The van der Waals surface area contributed by atoms with Gasteiger partial charge in [-0.1, -0.05) is 0 Å². The number of hydrogen-bond acceptors (Lipinski definition) is 3. The summed E-state index contributed by atoms with van der Waals surface area (Å²) in [7, 11) is 0. The first-order chi connectivity index (χ1) is 5.70. The van der Waals surface area contributed by atoms with Gasteiger partial charge in [-0.2, -0.15) is 0 Å². The third-order valence-electron chi connectivity index (χ3n) is 2.30. The Morgan fingerprint density at radius 1 is 1.58 bits per heavy atom. The molecule has 0 aromatic heterocycles. The van der Waals surface area contributed by atoms with Gasteiger partial charge in [0.25, 0.3) is 0 Å². The lowest BCUT2D eigenvalue weighted by atomic mass is 10.1. The van der Waals surface area contributed by atoms with Crippen LogP contribution < -0.4 is 0 Å². The van der Waals surface area contributed by atoms with Crippen molar-refractivity contribution in [3.63, 3.8) is 0 Å². The Morgan fingerprint density at radius 3 is 2.83 bits per heavy atom. The van der Waals surface area contributed by atoms with Crippen molar-refractivity contribution < 1.29 is 14.6 Å². The predicted molar refractivity (Wildman–Crippen MR) is 46.0 cm³/mol. The molecule has 3 heteroatoms. The van der Waals surface area contributed by atoms with E-state index in [2.05, 4.69) is 0 Å². The summed E-state index contributed by atoms with van der Waals surface area (Å²) in [5, 5.41) is 9.14. The normalized spacial score (nSPS) is 28.8. The maximum Gasteiger partial charge on any atom is 0.0803 e. The fourth-order valence-corrected chi connectivity index (χ4v) is 1.14. The molecule has 1 saturated heterocycles. The molecule has 0 aromatic rings. The van der Waals surface area contributed by atoms with Crippen molar-refractivity contribution in [2.75, 3.05) is 19.8 Å². The molecule has 0 amide bonds. The molecule has 0 aliphatic carbocycles. The number of aliphatic hydroxyl groups excluding tert-OH is 1. The monoisotopic (exact) mass is 174 g/mol. The highest BCUT2D eigenvalue weighted by Crippen LogP contribution is 2.13. The van der Waals surface area contributed by atoms with Gasteiger partial charge < -0.3 is 14.6 Å². The Bertz CT molecular complexity index is 117. The lowest BCUT2D eigenvalue weighted by molar-refractivity contribution is -0.0324. The molecule has 1 heterocycles. The van der Waals surface area contributed by atoms with Crippen molar-refractivity contribution in [1.29, 1.82) is 0 Å². The standard InChI is InChI=1S/C9H18O3/c1-7(10)8(2)12-6-9-3-4-11-5-9/h7-10H,3-6H2,1-2H3. The Kier molecular flexibility index (Phi) is 3.98. The first kappa shape index (κ1) is 9.96. The van der Waals surface area contributed by atoms with Crippen LogP contribution in [0.25, 0.3) is 0 Å². The van der Waals surface area contributed by atoms with E-state index in [0.717, 1.165) is 19.6 Å². The molecule has 1 N–H and O–H groups in total. The molecule has 1 aliphatic rings. The van der Waals surface area contributed by atoms with Crippen LogP contribution in [0.5, 0.6) is 0 Å². The third-order valence-corrected chi connectivity index (χ3v) is 2.30. The van der Waals surface area contributed by atoms with Crippen LogP contribution in [0.3, 0.4) is 0 Å². The van der Waals surface area contributed by atoms with E-state index in [0.29, 0.717) is 12.5 Å². The molecule has 3 nitrogen and oxygen atoms in total. The summed E-state index contributed by atoms with van der Waals surface area (Å²) < 4.78 is 10.7. The van der Waals surface area contributed by atoms with Gasteiger partial charge in [0.15, 0.2) is 0 Å². The smallest absolute Gasteiger partial charge is 0.0803 e. The first-order valence-corrected chi connectivity index (χ1v) is 4.57. The average molecular weight is 174 g/mol. The third kappa shape index (κ3) is 3.09. The van der Waals surface area contributed by atoms with E-state index in [1.54, 1.807) is 6.92 Å². The van der Waals surface area contributed by atoms with Gasteiger partial charge in [-0.3, -0.25) is 0 Å². The van der Waals surface area contributed by atoms with Crippen LogP contribution in [0.4, 0.5) is 0 Å². The molecule has 0 aromatic carbocycles. The quantitative estimate of drug-likeness (QED) is 0.685. The van der Waals surface area contributed by atoms with Gasteiger partial charge in [0, 0.05) is 12.5 Å². The summed E-state index contributed by atoms with van der Waals surface area (Å²) in [4.78, 5) is 0. The Labute approximate surface area is 73.7 Å². The molecule has 0 bridgehead atoms. The summed E-state index contributed by atoms with van der Waals surface area (Å²) in [5.74, 6) is 0.534. The van der Waals surface area contributed by atoms with E-state index in [9.17, 15) is 0 Å². The number of ether oxygens (including phenoxy) is 2. The molecular weight excluding hydrogens is 156 g/mol. The molecule has 1 aliphatic heterocycles. The lowest BCUT2D eigenvalue weighted by Gasteiger charge is -2.17. The molecular formula is C9H18O3. The predicted octanol–water partition coefficient (Wildman–Crippen LogP) is 0.809. The molecule has 12 heavy (non-hydrogen) atoms. The Hall–Kier alpha value is -0.120. The van der Waals surface area contributed by atoms with E-state index in [4.69, 9.17) is 14.6 Å². The van der Waals surface area contributed by atoms with Crippen LogP contribution in [0.1, 0.15) is 20.3 Å². The summed E-state index contributed by atoms with van der Waals surface area (Å²) in [6, 6.07) is 0. The highest BCUT2D eigenvalue weighted by Gasteiger charge is 2.18. The van der Waals surface area contributed by atoms with Crippen LogP contribution in [0, 0.1) is 5.92 Å². The number of rotatable bonds is 4. The average Bonchev–Trinajstić information content (AvgIpc) is 2.51. The van der Waals surface area contributed by atoms with E-state index in [1.807, 2.05) is 6.92 Å². The summed E-state index contributed by atoms with van der Waals surface area (Å²) in [6.45, 7) is 6.02. The molecule has 0 saturated carbocycles. The number of aliphatic hydroxyl groups is 1. The fourth-order valence-electron chi connectivity index (χ4n) is 1.14. The lowest BCUT2D eigenvalue weighted by Crippen LogP contribution is -2.25. The maximum atomic E-state index is 9.14. The van der Waals surface area contributed by atoms with Crippen molar-refractivity contribution >= 4 is 0 Å². The largest absolute Gasteiger partial charge is 0.391 e. The fraction of sp³-hybridized carbons (Fsp3) is 1.00. The second-order valence-corrected chi connectivity index (χ2v) is 3.51. The molecule has 1 fully saturated rings. The van der Waals surface area contributed by atoms with Crippen molar-refractivity contribution in [1.82, 2.24) is 0 Å². The van der Waals surface area contributed by atoms with Crippen LogP contribution in [-0.4, -0.2) is 37.1 Å². The topological polar surface area (TPSA) is 38.7 Å². The molecule has 72 valence electrons.